The molecule has 2 amide bonds. The first-order chi connectivity index (χ1) is 10.4. The number of carbonyl (C=O) groups is 1. The van der Waals surface area contributed by atoms with E-state index in [0.717, 1.165) is 0 Å². The molecule has 4 heteroatoms. The molecule has 0 saturated heterocycles. The standard InChI is InChI=1S/C18H28N2O2/c1-13(21)11-18(2,3)12-19-17(22)20-16(15-9-10-15)14-7-5-4-6-8-14/h4-8,13,15-16,21H,9-12H2,1-3H3,(H2,19,20,22). The summed E-state index contributed by atoms with van der Waals surface area (Å²) >= 11 is 0. The van der Waals surface area contributed by atoms with Crippen molar-refractivity contribution in [3.8, 4) is 0 Å². The minimum Gasteiger partial charge on any atom is -0.393 e. The highest BCUT2D eigenvalue weighted by Gasteiger charge is 2.33. The molecule has 2 unspecified atom stereocenters. The van der Waals surface area contributed by atoms with E-state index in [1.54, 1.807) is 6.92 Å². The van der Waals surface area contributed by atoms with Gasteiger partial charge in [-0.15, -0.1) is 0 Å². The van der Waals surface area contributed by atoms with Crippen LogP contribution in [0.2, 0.25) is 0 Å². The number of aliphatic hydroxyl groups is 1. The molecule has 22 heavy (non-hydrogen) atoms. The Bertz CT molecular complexity index is 481. The summed E-state index contributed by atoms with van der Waals surface area (Å²) in [6.45, 7) is 6.43. The first kappa shape index (κ1) is 16.8. The zero-order valence-electron chi connectivity index (χ0n) is 13.8. The number of aliphatic hydroxyl groups excluding tert-OH is 1. The molecule has 122 valence electrons. The van der Waals surface area contributed by atoms with Gasteiger partial charge < -0.3 is 15.7 Å². The van der Waals surface area contributed by atoms with Gasteiger partial charge in [-0.3, -0.25) is 0 Å². The van der Waals surface area contributed by atoms with Gasteiger partial charge in [0.1, 0.15) is 0 Å². The van der Waals surface area contributed by atoms with Gasteiger partial charge in [-0.1, -0.05) is 44.2 Å². The van der Waals surface area contributed by atoms with Crippen LogP contribution < -0.4 is 10.6 Å². The van der Waals surface area contributed by atoms with Crippen molar-refractivity contribution in [2.75, 3.05) is 6.54 Å². The average Bonchev–Trinajstić information content (AvgIpc) is 3.27. The van der Waals surface area contributed by atoms with Crippen LogP contribution in [-0.4, -0.2) is 23.8 Å². The van der Waals surface area contributed by atoms with Crippen molar-refractivity contribution in [2.45, 2.75) is 52.2 Å². The summed E-state index contributed by atoms with van der Waals surface area (Å²) < 4.78 is 0. The number of carbonyl (C=O) groups excluding carboxylic acids is 1. The lowest BCUT2D eigenvalue weighted by Gasteiger charge is -2.27. The van der Waals surface area contributed by atoms with Gasteiger partial charge in [0.15, 0.2) is 0 Å². The summed E-state index contributed by atoms with van der Waals surface area (Å²) in [5, 5.41) is 15.6. The van der Waals surface area contributed by atoms with Gasteiger partial charge in [0, 0.05) is 6.54 Å². The second-order valence-corrected chi connectivity index (χ2v) is 7.27. The fourth-order valence-electron chi connectivity index (χ4n) is 2.95. The first-order valence-corrected chi connectivity index (χ1v) is 8.15. The van der Waals surface area contributed by atoms with E-state index in [0.29, 0.717) is 18.9 Å². The molecule has 0 spiro atoms. The van der Waals surface area contributed by atoms with Gasteiger partial charge in [-0.05, 0) is 43.1 Å². The highest BCUT2D eigenvalue weighted by molar-refractivity contribution is 5.74. The lowest BCUT2D eigenvalue weighted by Crippen LogP contribution is -2.43. The van der Waals surface area contributed by atoms with Crippen molar-refractivity contribution in [1.29, 1.82) is 0 Å². The van der Waals surface area contributed by atoms with Crippen molar-refractivity contribution in [3.63, 3.8) is 0 Å². The number of benzene rings is 1. The summed E-state index contributed by atoms with van der Waals surface area (Å²) in [6, 6.07) is 10.1. The highest BCUT2D eigenvalue weighted by Crippen LogP contribution is 2.40. The molecular formula is C18H28N2O2. The Balaban J connectivity index is 1.87. The van der Waals surface area contributed by atoms with E-state index in [2.05, 4.69) is 36.6 Å². The van der Waals surface area contributed by atoms with E-state index in [9.17, 15) is 9.90 Å². The molecule has 0 aromatic heterocycles. The summed E-state index contributed by atoms with van der Waals surface area (Å²) in [5.41, 5.74) is 1.05. The van der Waals surface area contributed by atoms with Gasteiger partial charge in [-0.25, -0.2) is 4.79 Å². The van der Waals surface area contributed by atoms with E-state index in [4.69, 9.17) is 0 Å². The lowest BCUT2D eigenvalue weighted by molar-refractivity contribution is 0.128. The molecule has 1 saturated carbocycles. The number of hydrogen-bond acceptors (Lipinski definition) is 2. The second kappa shape index (κ2) is 7.14. The van der Waals surface area contributed by atoms with Gasteiger partial charge in [-0.2, -0.15) is 0 Å². The molecule has 1 aromatic carbocycles. The third-order valence-corrected chi connectivity index (χ3v) is 4.11. The van der Waals surface area contributed by atoms with E-state index in [1.807, 2.05) is 18.2 Å². The van der Waals surface area contributed by atoms with Crippen LogP contribution in [0.25, 0.3) is 0 Å². The summed E-state index contributed by atoms with van der Waals surface area (Å²) in [4.78, 5) is 12.2. The molecule has 1 aliphatic carbocycles. The Kier molecular flexibility index (Phi) is 5.46. The van der Waals surface area contributed by atoms with Crippen molar-refractivity contribution >= 4 is 6.03 Å². The summed E-state index contributed by atoms with van der Waals surface area (Å²) in [5.74, 6) is 0.554. The predicted molar refractivity (Wildman–Crippen MR) is 88.5 cm³/mol. The molecule has 0 radical (unpaired) electrons. The van der Waals surface area contributed by atoms with Gasteiger partial charge >= 0.3 is 6.03 Å². The molecular weight excluding hydrogens is 276 g/mol. The number of amides is 2. The zero-order valence-corrected chi connectivity index (χ0v) is 13.8. The maximum Gasteiger partial charge on any atom is 0.315 e. The topological polar surface area (TPSA) is 61.4 Å². The monoisotopic (exact) mass is 304 g/mol. The number of rotatable bonds is 7. The third-order valence-electron chi connectivity index (χ3n) is 4.11. The summed E-state index contributed by atoms with van der Waals surface area (Å²) in [6.07, 6.45) is 2.65. The molecule has 2 rings (SSSR count). The maximum atomic E-state index is 12.2. The quantitative estimate of drug-likeness (QED) is 0.724. The first-order valence-electron chi connectivity index (χ1n) is 8.15. The molecule has 3 N–H and O–H groups in total. The Morgan fingerprint density at radius 1 is 1.32 bits per heavy atom. The molecule has 2 atom stereocenters. The van der Waals surface area contributed by atoms with Crippen LogP contribution in [0.4, 0.5) is 4.79 Å². The van der Waals surface area contributed by atoms with Crippen LogP contribution >= 0.6 is 0 Å². The lowest BCUT2D eigenvalue weighted by atomic mass is 9.87. The Labute approximate surface area is 133 Å². The molecule has 1 aliphatic rings. The fraction of sp³-hybridized carbons (Fsp3) is 0.611. The Morgan fingerprint density at radius 2 is 1.95 bits per heavy atom. The number of hydrogen-bond donors (Lipinski definition) is 3. The number of nitrogens with one attached hydrogen (secondary N) is 2. The molecule has 1 aromatic rings. The Hall–Kier alpha value is -1.55. The second-order valence-electron chi connectivity index (χ2n) is 7.27. The minimum absolute atomic E-state index is 0.0982. The predicted octanol–water partition coefficient (Wildman–Crippen LogP) is 3.23. The van der Waals surface area contributed by atoms with Crippen LogP contribution in [0.1, 0.15) is 51.6 Å². The SMILES string of the molecule is CC(O)CC(C)(C)CNC(=O)NC(c1ccccc1)C1CC1. The zero-order chi connectivity index (χ0) is 16.2. The van der Waals surface area contributed by atoms with Crippen LogP contribution in [-0.2, 0) is 0 Å². The number of urea groups is 1. The van der Waals surface area contributed by atoms with Gasteiger partial charge in [0.2, 0.25) is 0 Å². The van der Waals surface area contributed by atoms with E-state index in [1.165, 1.54) is 18.4 Å². The molecule has 0 heterocycles. The van der Waals surface area contributed by atoms with Crippen LogP contribution in [0.15, 0.2) is 30.3 Å². The van der Waals surface area contributed by atoms with Crippen LogP contribution in [0.5, 0.6) is 0 Å². The third kappa shape index (κ3) is 5.34. The van der Waals surface area contributed by atoms with E-state index >= 15 is 0 Å². The normalized spacial score (nSPS) is 17.6. The molecule has 4 nitrogen and oxygen atoms in total. The van der Waals surface area contributed by atoms with Crippen LogP contribution in [0.3, 0.4) is 0 Å². The summed E-state index contributed by atoms with van der Waals surface area (Å²) in [7, 11) is 0. The van der Waals surface area contributed by atoms with Gasteiger partial charge in [0.25, 0.3) is 0 Å². The maximum absolute atomic E-state index is 12.2. The van der Waals surface area contributed by atoms with Crippen molar-refractivity contribution in [3.05, 3.63) is 35.9 Å². The van der Waals surface area contributed by atoms with Crippen molar-refractivity contribution < 1.29 is 9.90 Å². The van der Waals surface area contributed by atoms with Crippen molar-refractivity contribution in [1.82, 2.24) is 10.6 Å². The largest absolute Gasteiger partial charge is 0.393 e. The molecule has 1 fully saturated rings. The van der Waals surface area contributed by atoms with Gasteiger partial charge in [0.05, 0.1) is 12.1 Å². The van der Waals surface area contributed by atoms with Crippen molar-refractivity contribution in [2.24, 2.45) is 11.3 Å². The van der Waals surface area contributed by atoms with Crippen LogP contribution in [0, 0.1) is 11.3 Å². The fourth-order valence-corrected chi connectivity index (χ4v) is 2.95. The molecule has 0 bridgehead atoms. The minimum atomic E-state index is -0.358. The van der Waals surface area contributed by atoms with E-state index < -0.39 is 0 Å². The molecule has 0 aliphatic heterocycles. The smallest absolute Gasteiger partial charge is 0.315 e. The van der Waals surface area contributed by atoms with E-state index in [-0.39, 0.29) is 23.6 Å². The Morgan fingerprint density at radius 3 is 2.50 bits per heavy atom. The highest BCUT2D eigenvalue weighted by atomic mass is 16.3. The average molecular weight is 304 g/mol.